The van der Waals surface area contributed by atoms with Crippen molar-refractivity contribution in [1.29, 1.82) is 0 Å². The lowest BCUT2D eigenvalue weighted by Crippen LogP contribution is -2.56. The molecule has 0 aromatic rings. The van der Waals surface area contributed by atoms with Crippen LogP contribution in [-0.4, -0.2) is 37.1 Å². The van der Waals surface area contributed by atoms with Gasteiger partial charge in [0, 0.05) is 18.0 Å². The second-order valence-electron chi connectivity index (χ2n) is 4.52. The summed E-state index contributed by atoms with van der Waals surface area (Å²) in [5.41, 5.74) is 0.140. The van der Waals surface area contributed by atoms with E-state index in [9.17, 15) is 0 Å². The van der Waals surface area contributed by atoms with Gasteiger partial charge in [0.2, 0.25) is 0 Å². The largest absolute Gasteiger partial charge is 0.311 e. The summed E-state index contributed by atoms with van der Waals surface area (Å²) >= 11 is 0. The Kier molecular flexibility index (Phi) is 6.63. The molecule has 0 amide bonds. The monoisotopic (exact) mass is 210 g/mol. The molecule has 2 nitrogen and oxygen atoms in total. The Morgan fingerprint density at radius 2 is 2.00 bits per heavy atom. The molecule has 0 spiro atoms. The van der Waals surface area contributed by atoms with E-state index < -0.39 is 0 Å². The van der Waals surface area contributed by atoms with Crippen molar-refractivity contribution >= 4 is 0 Å². The molecule has 2 atom stereocenters. The van der Waals surface area contributed by atoms with E-state index in [0.29, 0.717) is 6.04 Å². The van der Waals surface area contributed by atoms with Gasteiger partial charge in [0.1, 0.15) is 0 Å². The summed E-state index contributed by atoms with van der Waals surface area (Å²) in [6.07, 6.45) is 8.49. The van der Waals surface area contributed by atoms with E-state index in [1.54, 1.807) is 0 Å². The second-order valence-corrected chi connectivity index (χ2v) is 4.52. The van der Waals surface area contributed by atoms with E-state index >= 15 is 0 Å². The van der Waals surface area contributed by atoms with E-state index in [4.69, 9.17) is 6.42 Å². The zero-order valence-electron chi connectivity index (χ0n) is 10.9. The Morgan fingerprint density at radius 1 is 1.40 bits per heavy atom. The van der Waals surface area contributed by atoms with Gasteiger partial charge in [-0.1, -0.05) is 13.8 Å². The Balaban J connectivity index is 4.62. The quantitative estimate of drug-likeness (QED) is 0.647. The van der Waals surface area contributed by atoms with Crippen molar-refractivity contribution in [2.45, 2.75) is 51.6 Å². The molecule has 0 fully saturated rings. The smallest absolute Gasteiger partial charge is 0.0358 e. The van der Waals surface area contributed by atoms with Gasteiger partial charge in [-0.2, -0.15) is 0 Å². The lowest BCUT2D eigenvalue weighted by Gasteiger charge is -2.42. The first kappa shape index (κ1) is 14.5. The summed E-state index contributed by atoms with van der Waals surface area (Å²) in [5.74, 6) is 2.78. The predicted molar refractivity (Wildman–Crippen MR) is 67.9 cm³/mol. The van der Waals surface area contributed by atoms with Gasteiger partial charge >= 0.3 is 0 Å². The van der Waals surface area contributed by atoms with Crippen LogP contribution in [0.25, 0.3) is 0 Å². The fraction of sp³-hybridized carbons (Fsp3) is 0.846. The molecule has 0 aliphatic rings. The average Bonchev–Trinajstić information content (AvgIpc) is 2.22. The molecule has 0 radical (unpaired) electrons. The van der Waals surface area contributed by atoms with Gasteiger partial charge in [-0.15, -0.1) is 12.3 Å². The number of terminal acetylenes is 1. The minimum atomic E-state index is 0.140. The van der Waals surface area contributed by atoms with E-state index in [-0.39, 0.29) is 5.54 Å². The van der Waals surface area contributed by atoms with Crippen LogP contribution in [0.3, 0.4) is 0 Å². The molecule has 88 valence electrons. The number of hydrogen-bond acceptors (Lipinski definition) is 2. The lowest BCUT2D eigenvalue weighted by molar-refractivity contribution is 0.115. The molecule has 1 N–H and O–H groups in total. The highest BCUT2D eigenvalue weighted by Crippen LogP contribution is 2.22. The Morgan fingerprint density at radius 3 is 2.33 bits per heavy atom. The van der Waals surface area contributed by atoms with Crippen LogP contribution in [0.5, 0.6) is 0 Å². The standard InChI is InChI=1S/C13H26N2/c1-7-10-12(14-11-8-2)13(4,9-3)15(5)6/h1,12,14H,8-11H2,2-6H3. The number of nitrogens with zero attached hydrogens (tertiary/aromatic N) is 1. The molecule has 0 heterocycles. The Labute approximate surface area is 95.4 Å². The molecule has 0 saturated heterocycles. The average molecular weight is 210 g/mol. The maximum atomic E-state index is 5.44. The molecule has 0 bridgehead atoms. The van der Waals surface area contributed by atoms with Gasteiger partial charge in [0.15, 0.2) is 0 Å². The van der Waals surface area contributed by atoms with Gasteiger partial charge < -0.3 is 10.2 Å². The fourth-order valence-corrected chi connectivity index (χ4v) is 1.82. The predicted octanol–water partition coefficient (Wildman–Crippen LogP) is 2.11. The minimum absolute atomic E-state index is 0.140. The second kappa shape index (κ2) is 6.87. The molecule has 0 aromatic heterocycles. The molecular weight excluding hydrogens is 184 g/mol. The maximum Gasteiger partial charge on any atom is 0.0358 e. The minimum Gasteiger partial charge on any atom is -0.311 e. The van der Waals surface area contributed by atoms with Gasteiger partial charge in [-0.25, -0.2) is 0 Å². The van der Waals surface area contributed by atoms with Crippen LogP contribution in [-0.2, 0) is 0 Å². The zero-order chi connectivity index (χ0) is 11.9. The van der Waals surface area contributed by atoms with Gasteiger partial charge in [0.25, 0.3) is 0 Å². The van der Waals surface area contributed by atoms with Crippen molar-refractivity contribution in [1.82, 2.24) is 10.2 Å². The summed E-state index contributed by atoms with van der Waals surface area (Å²) in [6, 6.07) is 0.377. The van der Waals surface area contributed by atoms with E-state index in [1.807, 2.05) is 0 Å². The van der Waals surface area contributed by atoms with Crippen molar-refractivity contribution in [2.75, 3.05) is 20.6 Å². The number of rotatable bonds is 7. The molecular formula is C13H26N2. The first-order valence-electron chi connectivity index (χ1n) is 5.87. The lowest BCUT2D eigenvalue weighted by atomic mass is 9.86. The van der Waals surface area contributed by atoms with Crippen molar-refractivity contribution < 1.29 is 0 Å². The van der Waals surface area contributed by atoms with Crippen LogP contribution < -0.4 is 5.32 Å². The highest BCUT2D eigenvalue weighted by molar-refractivity contribution is 5.01. The Bertz CT molecular complexity index is 205. The first-order chi connectivity index (χ1) is 7.02. The number of nitrogens with one attached hydrogen (secondary N) is 1. The third-order valence-corrected chi connectivity index (χ3v) is 3.45. The number of likely N-dealkylation sites (N-methyl/N-ethyl adjacent to an activating group) is 1. The summed E-state index contributed by atoms with van der Waals surface area (Å²) < 4.78 is 0. The highest BCUT2D eigenvalue weighted by Gasteiger charge is 2.33. The molecule has 0 aromatic carbocycles. The third-order valence-electron chi connectivity index (χ3n) is 3.45. The topological polar surface area (TPSA) is 15.3 Å². The van der Waals surface area contributed by atoms with Gasteiger partial charge in [-0.05, 0) is 40.4 Å². The molecule has 0 aliphatic carbocycles. The van der Waals surface area contributed by atoms with Crippen molar-refractivity contribution in [3.05, 3.63) is 0 Å². The fourth-order valence-electron chi connectivity index (χ4n) is 1.82. The summed E-state index contributed by atoms with van der Waals surface area (Å²) in [7, 11) is 4.25. The molecule has 2 unspecified atom stereocenters. The highest BCUT2D eigenvalue weighted by atomic mass is 15.2. The zero-order valence-corrected chi connectivity index (χ0v) is 10.9. The molecule has 15 heavy (non-hydrogen) atoms. The summed E-state index contributed by atoms with van der Waals surface area (Å²) in [4.78, 5) is 2.28. The Hall–Kier alpha value is -0.520. The van der Waals surface area contributed by atoms with Crippen LogP contribution in [0.2, 0.25) is 0 Å². The maximum absolute atomic E-state index is 5.44. The van der Waals surface area contributed by atoms with Crippen LogP contribution in [0.4, 0.5) is 0 Å². The first-order valence-corrected chi connectivity index (χ1v) is 5.87. The third kappa shape index (κ3) is 3.85. The SMILES string of the molecule is C#CCC(NCCC)C(C)(CC)N(C)C. The number of hydrogen-bond donors (Lipinski definition) is 1. The molecule has 0 aliphatic heterocycles. The molecule has 0 saturated carbocycles. The van der Waals surface area contributed by atoms with Crippen molar-refractivity contribution in [2.24, 2.45) is 0 Å². The normalized spacial score (nSPS) is 17.1. The van der Waals surface area contributed by atoms with Crippen molar-refractivity contribution in [3.8, 4) is 12.3 Å². The summed E-state index contributed by atoms with van der Waals surface area (Å²) in [6.45, 7) is 7.71. The van der Waals surface area contributed by atoms with E-state index in [2.05, 4.69) is 51.0 Å². The van der Waals surface area contributed by atoms with E-state index in [1.165, 1.54) is 0 Å². The van der Waals surface area contributed by atoms with Crippen LogP contribution in [0.15, 0.2) is 0 Å². The van der Waals surface area contributed by atoms with Crippen LogP contribution in [0, 0.1) is 12.3 Å². The molecule has 0 rings (SSSR count). The summed E-state index contributed by atoms with van der Waals surface area (Å²) in [5, 5.41) is 3.56. The van der Waals surface area contributed by atoms with E-state index in [0.717, 1.165) is 25.8 Å². The van der Waals surface area contributed by atoms with Crippen LogP contribution >= 0.6 is 0 Å². The molecule has 2 heteroatoms. The van der Waals surface area contributed by atoms with Gasteiger partial charge in [0.05, 0.1) is 0 Å². The van der Waals surface area contributed by atoms with Gasteiger partial charge in [-0.3, -0.25) is 0 Å². The van der Waals surface area contributed by atoms with Crippen molar-refractivity contribution in [3.63, 3.8) is 0 Å². The van der Waals surface area contributed by atoms with Crippen LogP contribution in [0.1, 0.15) is 40.0 Å².